The van der Waals surface area contributed by atoms with Crippen molar-refractivity contribution < 1.29 is 4.79 Å². The van der Waals surface area contributed by atoms with Crippen molar-refractivity contribution in [2.75, 3.05) is 37.2 Å². The van der Waals surface area contributed by atoms with Gasteiger partial charge in [-0.25, -0.2) is 0 Å². The highest BCUT2D eigenvalue weighted by Crippen LogP contribution is 2.18. The minimum absolute atomic E-state index is 0.0534. The van der Waals surface area contributed by atoms with Crippen LogP contribution in [0, 0.1) is 6.92 Å². The van der Waals surface area contributed by atoms with Gasteiger partial charge in [0, 0.05) is 37.6 Å². The molecule has 1 aromatic rings. The van der Waals surface area contributed by atoms with Crippen molar-refractivity contribution in [3.63, 3.8) is 0 Å². The Morgan fingerprint density at radius 1 is 1.45 bits per heavy atom. The highest BCUT2D eigenvalue weighted by Gasteiger charge is 2.25. The number of nitrogen functional groups attached to an aromatic ring is 1. The summed E-state index contributed by atoms with van der Waals surface area (Å²) in [6.45, 7) is 7.73. The highest BCUT2D eigenvalue weighted by molar-refractivity contribution is 5.95. The minimum atomic E-state index is -0.0698. The lowest BCUT2D eigenvalue weighted by Gasteiger charge is -2.33. The van der Waals surface area contributed by atoms with Gasteiger partial charge in [0.25, 0.3) is 0 Å². The second kappa shape index (κ2) is 6.72. The first-order chi connectivity index (χ1) is 9.61. The Kier molecular flexibility index (Phi) is 4.98. The molecule has 0 radical (unpaired) electrons. The summed E-state index contributed by atoms with van der Waals surface area (Å²) >= 11 is 0. The zero-order valence-corrected chi connectivity index (χ0v) is 12.3. The van der Waals surface area contributed by atoms with Crippen LogP contribution in [0.25, 0.3) is 0 Å². The van der Waals surface area contributed by atoms with E-state index in [2.05, 4.69) is 22.5 Å². The molecule has 1 aliphatic rings. The first-order valence-electron chi connectivity index (χ1n) is 7.23. The van der Waals surface area contributed by atoms with Crippen molar-refractivity contribution in [2.45, 2.75) is 26.3 Å². The fraction of sp³-hybridized carbons (Fsp3) is 0.533. The van der Waals surface area contributed by atoms with E-state index in [0.717, 1.165) is 43.9 Å². The maximum Gasteiger partial charge on any atom is 0.241 e. The molecular weight excluding hydrogens is 252 g/mol. The molecule has 1 saturated heterocycles. The summed E-state index contributed by atoms with van der Waals surface area (Å²) in [5, 5.41) is 6.28. The van der Waals surface area contributed by atoms with E-state index < -0.39 is 0 Å². The molecule has 1 unspecified atom stereocenters. The molecule has 1 aromatic carbocycles. The van der Waals surface area contributed by atoms with Gasteiger partial charge < -0.3 is 16.4 Å². The molecule has 0 spiro atoms. The van der Waals surface area contributed by atoms with Crippen molar-refractivity contribution in [1.82, 2.24) is 10.2 Å². The Balaban J connectivity index is 2.02. The second-order valence-electron chi connectivity index (χ2n) is 5.27. The number of nitrogens with zero attached hydrogens (tertiary/aromatic N) is 1. The quantitative estimate of drug-likeness (QED) is 0.723. The van der Waals surface area contributed by atoms with Crippen molar-refractivity contribution in [3.8, 4) is 0 Å². The van der Waals surface area contributed by atoms with E-state index in [9.17, 15) is 4.79 Å². The van der Waals surface area contributed by atoms with Gasteiger partial charge in [0.1, 0.15) is 0 Å². The molecule has 0 aromatic heterocycles. The Labute approximate surface area is 120 Å². The summed E-state index contributed by atoms with van der Waals surface area (Å²) in [6.07, 6.45) is 0.813. The average molecular weight is 276 g/mol. The van der Waals surface area contributed by atoms with Gasteiger partial charge in [-0.15, -0.1) is 0 Å². The van der Waals surface area contributed by atoms with Crippen LogP contribution in [0.4, 0.5) is 11.4 Å². The van der Waals surface area contributed by atoms with Gasteiger partial charge in [-0.05, 0) is 31.0 Å². The molecule has 5 heteroatoms. The number of hydrogen-bond donors (Lipinski definition) is 3. The van der Waals surface area contributed by atoms with Crippen molar-refractivity contribution in [3.05, 3.63) is 23.8 Å². The lowest BCUT2D eigenvalue weighted by Crippen LogP contribution is -2.52. The normalized spacial score (nSPS) is 17.7. The first kappa shape index (κ1) is 14.8. The number of carbonyl (C=O) groups is 1. The van der Waals surface area contributed by atoms with E-state index in [1.165, 1.54) is 0 Å². The fourth-order valence-corrected chi connectivity index (χ4v) is 2.55. The van der Waals surface area contributed by atoms with Gasteiger partial charge in [-0.1, -0.05) is 13.0 Å². The Morgan fingerprint density at radius 2 is 2.15 bits per heavy atom. The molecule has 110 valence electrons. The van der Waals surface area contributed by atoms with Crippen LogP contribution >= 0.6 is 0 Å². The summed E-state index contributed by atoms with van der Waals surface area (Å²) in [7, 11) is 0. The molecule has 0 bridgehead atoms. The van der Waals surface area contributed by atoms with Crippen LogP contribution in [-0.4, -0.2) is 43.0 Å². The zero-order valence-electron chi connectivity index (χ0n) is 12.3. The lowest BCUT2D eigenvalue weighted by molar-refractivity contribution is -0.121. The molecule has 20 heavy (non-hydrogen) atoms. The molecule has 5 nitrogen and oxygen atoms in total. The third-order valence-electron chi connectivity index (χ3n) is 3.83. The van der Waals surface area contributed by atoms with Gasteiger partial charge in [-0.2, -0.15) is 0 Å². The SMILES string of the molecule is CCC(C(=O)Nc1ccc(C)c(N)c1)N1CCNCC1. The monoisotopic (exact) mass is 276 g/mol. The minimum Gasteiger partial charge on any atom is -0.398 e. The molecule has 1 atom stereocenters. The van der Waals surface area contributed by atoms with Gasteiger partial charge in [0.15, 0.2) is 0 Å². The van der Waals surface area contributed by atoms with Crippen molar-refractivity contribution in [1.29, 1.82) is 0 Å². The Morgan fingerprint density at radius 3 is 2.75 bits per heavy atom. The van der Waals surface area contributed by atoms with Crippen LogP contribution in [0.15, 0.2) is 18.2 Å². The van der Waals surface area contributed by atoms with Crippen LogP contribution in [0.2, 0.25) is 0 Å². The summed E-state index contributed by atoms with van der Waals surface area (Å²) in [4.78, 5) is 14.7. The van der Waals surface area contributed by atoms with E-state index in [-0.39, 0.29) is 11.9 Å². The predicted octanol–water partition coefficient (Wildman–Crippen LogP) is 1.20. The van der Waals surface area contributed by atoms with E-state index >= 15 is 0 Å². The smallest absolute Gasteiger partial charge is 0.241 e. The standard InChI is InChI=1S/C15H24N4O/c1-3-14(19-8-6-17-7-9-19)15(20)18-12-5-4-11(2)13(16)10-12/h4-5,10,14,17H,3,6-9,16H2,1-2H3,(H,18,20). The van der Waals surface area contributed by atoms with E-state index in [1.54, 1.807) is 0 Å². The molecule has 4 N–H and O–H groups in total. The topological polar surface area (TPSA) is 70.4 Å². The highest BCUT2D eigenvalue weighted by atomic mass is 16.2. The molecule has 2 rings (SSSR count). The number of piperazine rings is 1. The Bertz CT molecular complexity index is 469. The van der Waals surface area contributed by atoms with Crippen LogP contribution in [-0.2, 0) is 4.79 Å². The van der Waals surface area contributed by atoms with Crippen LogP contribution in [0.1, 0.15) is 18.9 Å². The number of aryl methyl sites for hydroxylation is 1. The van der Waals surface area contributed by atoms with Crippen LogP contribution in [0.5, 0.6) is 0 Å². The number of nitrogens with two attached hydrogens (primary N) is 1. The summed E-state index contributed by atoms with van der Waals surface area (Å²) in [5.74, 6) is 0.0534. The second-order valence-corrected chi connectivity index (χ2v) is 5.27. The lowest BCUT2D eigenvalue weighted by atomic mass is 10.1. The molecule has 1 heterocycles. The predicted molar refractivity (Wildman–Crippen MR) is 82.7 cm³/mol. The zero-order chi connectivity index (χ0) is 14.5. The molecule has 0 saturated carbocycles. The summed E-state index contributed by atoms with van der Waals surface area (Å²) < 4.78 is 0. The molecule has 1 amide bonds. The number of benzene rings is 1. The third kappa shape index (κ3) is 3.49. The molecule has 0 aliphatic carbocycles. The van der Waals surface area contributed by atoms with Gasteiger partial charge in [0.05, 0.1) is 6.04 Å². The largest absolute Gasteiger partial charge is 0.398 e. The van der Waals surface area contributed by atoms with Gasteiger partial charge >= 0.3 is 0 Å². The Hall–Kier alpha value is -1.59. The summed E-state index contributed by atoms with van der Waals surface area (Å²) in [5.41, 5.74) is 8.38. The average Bonchev–Trinajstić information content (AvgIpc) is 2.45. The maximum absolute atomic E-state index is 12.4. The number of anilines is 2. The number of amides is 1. The maximum atomic E-state index is 12.4. The van der Waals surface area contributed by atoms with Crippen molar-refractivity contribution in [2.24, 2.45) is 0 Å². The van der Waals surface area contributed by atoms with Crippen molar-refractivity contribution >= 4 is 17.3 Å². The van der Waals surface area contributed by atoms with Gasteiger partial charge in [0.2, 0.25) is 5.91 Å². The van der Waals surface area contributed by atoms with E-state index in [0.29, 0.717) is 5.69 Å². The van der Waals surface area contributed by atoms with Crippen LogP contribution < -0.4 is 16.4 Å². The van der Waals surface area contributed by atoms with E-state index in [1.807, 2.05) is 25.1 Å². The van der Waals surface area contributed by atoms with Crippen LogP contribution in [0.3, 0.4) is 0 Å². The number of carbonyl (C=O) groups excluding carboxylic acids is 1. The number of hydrogen-bond acceptors (Lipinski definition) is 4. The van der Waals surface area contributed by atoms with Gasteiger partial charge in [-0.3, -0.25) is 9.69 Å². The van der Waals surface area contributed by atoms with E-state index in [4.69, 9.17) is 5.73 Å². The number of rotatable bonds is 4. The molecular formula is C15H24N4O. The first-order valence-corrected chi connectivity index (χ1v) is 7.23. The molecule has 1 aliphatic heterocycles. The number of nitrogens with one attached hydrogen (secondary N) is 2. The molecule has 1 fully saturated rings. The fourth-order valence-electron chi connectivity index (χ4n) is 2.55. The third-order valence-corrected chi connectivity index (χ3v) is 3.83. The summed E-state index contributed by atoms with van der Waals surface area (Å²) in [6, 6.07) is 5.57.